The van der Waals surface area contributed by atoms with Crippen LogP contribution in [0.25, 0.3) is 0 Å². The van der Waals surface area contributed by atoms with Gasteiger partial charge in [0.2, 0.25) is 0 Å². The van der Waals surface area contributed by atoms with Crippen LogP contribution in [0.15, 0.2) is 36.4 Å². The highest BCUT2D eigenvalue weighted by molar-refractivity contribution is 6.25. The summed E-state index contributed by atoms with van der Waals surface area (Å²) in [6, 6.07) is 9.24. The van der Waals surface area contributed by atoms with Crippen LogP contribution >= 0.6 is 0 Å². The Morgan fingerprint density at radius 2 is 0.816 bits per heavy atom. The van der Waals surface area contributed by atoms with Gasteiger partial charge in [0.15, 0.2) is 11.6 Å². The van der Waals surface area contributed by atoms with Gasteiger partial charge in [-0.3, -0.25) is 67.8 Å². The molecule has 8 fully saturated rings. The second-order valence-corrected chi connectivity index (χ2v) is 26.9. The van der Waals surface area contributed by atoms with E-state index in [0.717, 1.165) is 158 Å². The Morgan fingerprint density at radius 3 is 1.21 bits per heavy atom. The van der Waals surface area contributed by atoms with E-state index in [-0.39, 0.29) is 67.8 Å². The predicted molar refractivity (Wildman–Crippen MR) is 328 cm³/mol. The molecule has 2 saturated carbocycles. The summed E-state index contributed by atoms with van der Waals surface area (Å²) < 4.78 is 5.52. The summed E-state index contributed by atoms with van der Waals surface area (Å²) in [5.74, 6) is -1.15. The number of rotatable bonds is 14. The smallest absolute Gasteiger partial charge is 0.410 e. The molecule has 2 aliphatic carbocycles. The Hall–Kier alpha value is -6.01. The lowest BCUT2D eigenvalue weighted by Gasteiger charge is -2.40. The van der Waals surface area contributed by atoms with Gasteiger partial charge < -0.3 is 34.6 Å². The normalized spacial score (nSPS) is 25.2. The van der Waals surface area contributed by atoms with Crippen LogP contribution in [0, 0.1) is 11.8 Å². The molecular weight excluding hydrogens is 1110 g/mol. The molecule has 0 radical (unpaired) electrons. The third-order valence-electron chi connectivity index (χ3n) is 19.9. The molecule has 8 aliphatic heterocycles. The van der Waals surface area contributed by atoms with Crippen LogP contribution in [0.3, 0.4) is 0 Å². The van der Waals surface area contributed by atoms with Gasteiger partial charge in [0.05, 0.1) is 47.2 Å². The molecule has 0 spiro atoms. The van der Waals surface area contributed by atoms with E-state index in [1.165, 1.54) is 65.0 Å². The van der Waals surface area contributed by atoms with E-state index in [1.54, 1.807) is 18.2 Å². The molecule has 8 heterocycles. The number of carbonyl (C=O) groups is 9. The number of nitrogens with one attached hydrogen (secondary N) is 1. The van der Waals surface area contributed by atoms with E-state index in [2.05, 4.69) is 44.5 Å². The molecule has 0 aromatic heterocycles. The summed E-state index contributed by atoms with van der Waals surface area (Å²) in [6.07, 6.45) is 5.26. The molecule has 87 heavy (non-hydrogen) atoms. The van der Waals surface area contributed by atoms with E-state index in [9.17, 15) is 43.2 Å². The number of hydrogen-bond donors (Lipinski definition) is 1. The molecule has 0 bridgehead atoms. The van der Waals surface area contributed by atoms with E-state index in [1.807, 2.05) is 43.9 Å². The van der Waals surface area contributed by atoms with E-state index >= 15 is 0 Å². The van der Waals surface area contributed by atoms with Gasteiger partial charge in [-0.1, -0.05) is 0 Å². The second-order valence-electron chi connectivity index (χ2n) is 26.9. The highest BCUT2D eigenvalue weighted by Crippen LogP contribution is 2.35. The third kappa shape index (κ3) is 15.2. The number of anilines is 2. The zero-order chi connectivity index (χ0) is 60.9. The van der Waals surface area contributed by atoms with Gasteiger partial charge in [-0.25, -0.2) is 4.79 Å². The van der Waals surface area contributed by atoms with Gasteiger partial charge in [0.1, 0.15) is 17.2 Å². The molecular formula is C65H92N12O10. The summed E-state index contributed by atoms with van der Waals surface area (Å²) in [5.41, 5.74) is 2.84. The average Bonchev–Trinajstić information content (AvgIpc) is 1.86. The van der Waals surface area contributed by atoms with Crippen molar-refractivity contribution in [1.29, 1.82) is 0 Å². The van der Waals surface area contributed by atoms with Crippen molar-refractivity contribution in [3.63, 3.8) is 0 Å². The molecule has 5 amide bonds. The number of piperazine rings is 4. The van der Waals surface area contributed by atoms with E-state index in [0.29, 0.717) is 28.2 Å². The SMILES string of the molecule is CC(C)(C)OC(=O)N1CCN(CCN2CCC(CN3CCN(c4ccc5c(c4)C(=O)N(C4CCC(=O)CC4=O)C5=O)CC3)CC2)CC1.O=C1CCC(N2C(=O)c3ccc(N4CCN(CC5CCN(CCN6CCNCC6)CC5)CC4)cc3C2=O)C(=O)C1. The molecule has 1 N–H and O–H groups in total. The zero-order valence-electron chi connectivity index (χ0n) is 51.7. The van der Waals surface area contributed by atoms with Crippen LogP contribution in [0.4, 0.5) is 16.2 Å². The Kier molecular flexibility index (Phi) is 20.0. The number of benzene rings is 2. The van der Waals surface area contributed by atoms with E-state index in [4.69, 9.17) is 4.74 Å². The highest BCUT2D eigenvalue weighted by Gasteiger charge is 2.46. The minimum Gasteiger partial charge on any atom is -0.444 e. The van der Waals surface area contributed by atoms with Crippen molar-refractivity contribution in [1.82, 2.24) is 49.4 Å². The average molecular weight is 1200 g/mol. The lowest BCUT2D eigenvalue weighted by Crippen LogP contribution is -2.52. The first-order chi connectivity index (χ1) is 41.9. The Bertz CT molecular complexity index is 2890. The second kappa shape index (κ2) is 27.8. The number of fused-ring (bicyclic) bond motifs is 2. The maximum absolute atomic E-state index is 13.3. The van der Waals surface area contributed by atoms with Gasteiger partial charge in [0.25, 0.3) is 23.6 Å². The Balaban J connectivity index is 0.000000182. The standard InChI is InChI=1S/C35H50N6O6.C30H42N6O4/c1-35(2,3)47-34(46)40-20-14-37(15-21-40)13-12-36-10-8-25(9-11-36)24-38-16-18-39(19-17-38)26-4-6-28-29(22-26)33(45)41(32(28)44)30-7-5-27(42)23-31(30)43;37-24-2-4-27(28(38)20-24)36-29(39)25-3-1-23(19-26(25)30(36)40)35-17-15-34(16-18-35)21-22-5-9-32(10-6-22)13-14-33-11-7-31-8-12-33/h4,6,22,25,30H,5,7-21,23-24H2,1-3H3;1,3,19,22,27,31H,2,4-18,20-21H2. The largest absolute Gasteiger partial charge is 0.444 e. The molecule has 22 nitrogen and oxygen atoms in total. The van der Waals surface area contributed by atoms with E-state index < -0.39 is 41.3 Å². The monoisotopic (exact) mass is 1200 g/mol. The number of piperidine rings is 2. The molecule has 10 aliphatic rings. The van der Waals surface area contributed by atoms with Crippen molar-refractivity contribution >= 4 is 64.2 Å². The van der Waals surface area contributed by atoms with Crippen LogP contribution in [0.2, 0.25) is 0 Å². The summed E-state index contributed by atoms with van der Waals surface area (Å²) in [4.78, 5) is 137. The number of nitrogens with zero attached hydrogens (tertiary/aromatic N) is 11. The molecule has 2 aromatic rings. The lowest BCUT2D eigenvalue weighted by molar-refractivity contribution is -0.134. The first-order valence-electron chi connectivity index (χ1n) is 32.6. The van der Waals surface area contributed by atoms with Crippen LogP contribution in [-0.2, 0) is 23.9 Å². The summed E-state index contributed by atoms with van der Waals surface area (Å²) in [6.45, 7) is 32.3. The van der Waals surface area contributed by atoms with Crippen LogP contribution in [0.1, 0.15) is 126 Å². The molecule has 2 atom stereocenters. The van der Waals surface area contributed by atoms with Crippen molar-refractivity contribution in [3.05, 3.63) is 58.7 Å². The van der Waals surface area contributed by atoms with Crippen molar-refractivity contribution < 1.29 is 47.9 Å². The number of Topliss-reactive ketones (excluding diaryl/α,β-unsaturated/α-hetero) is 4. The highest BCUT2D eigenvalue weighted by atomic mass is 16.6. The summed E-state index contributed by atoms with van der Waals surface area (Å²) in [7, 11) is 0. The number of ether oxygens (including phenoxy) is 1. The summed E-state index contributed by atoms with van der Waals surface area (Å²) in [5, 5.41) is 3.43. The van der Waals surface area contributed by atoms with Crippen molar-refractivity contribution in [2.75, 3.05) is 180 Å². The fraction of sp³-hybridized carbons (Fsp3) is 0.677. The maximum atomic E-state index is 13.3. The van der Waals surface area contributed by atoms with Crippen molar-refractivity contribution in [2.24, 2.45) is 11.8 Å². The first kappa shape index (κ1) is 62.6. The van der Waals surface area contributed by atoms with Gasteiger partial charge in [0, 0.05) is 168 Å². The third-order valence-corrected chi connectivity index (χ3v) is 19.9. The van der Waals surface area contributed by atoms with Crippen LogP contribution < -0.4 is 15.1 Å². The zero-order valence-corrected chi connectivity index (χ0v) is 51.7. The van der Waals surface area contributed by atoms with Gasteiger partial charge in [-0.2, -0.15) is 0 Å². The fourth-order valence-electron chi connectivity index (χ4n) is 14.6. The number of amides is 5. The van der Waals surface area contributed by atoms with Gasteiger partial charge in [-0.05, 0) is 134 Å². The number of hydrogen-bond acceptors (Lipinski definition) is 19. The first-order valence-corrected chi connectivity index (χ1v) is 32.6. The number of carbonyl (C=O) groups excluding carboxylic acids is 9. The Morgan fingerprint density at radius 1 is 0.448 bits per heavy atom. The predicted octanol–water partition coefficient (Wildman–Crippen LogP) is 3.07. The molecule has 2 unspecified atom stereocenters. The molecule has 472 valence electrons. The van der Waals surface area contributed by atoms with Gasteiger partial charge in [-0.15, -0.1) is 0 Å². The molecule has 22 heteroatoms. The quantitative estimate of drug-likeness (QED) is 0.213. The fourth-order valence-corrected chi connectivity index (χ4v) is 14.6. The topological polar surface area (TPSA) is 211 Å². The summed E-state index contributed by atoms with van der Waals surface area (Å²) >= 11 is 0. The molecule has 6 saturated heterocycles. The minimum absolute atomic E-state index is 0.119. The molecule has 12 rings (SSSR count). The van der Waals surface area contributed by atoms with Crippen LogP contribution in [0.5, 0.6) is 0 Å². The number of imide groups is 2. The Labute approximate surface area is 512 Å². The number of likely N-dealkylation sites (tertiary alicyclic amines) is 2. The minimum atomic E-state index is -0.840. The van der Waals surface area contributed by atoms with Crippen molar-refractivity contribution in [3.8, 4) is 0 Å². The maximum Gasteiger partial charge on any atom is 0.410 e. The lowest BCUT2D eigenvalue weighted by atomic mass is 9.92. The molecule has 2 aromatic carbocycles. The van der Waals surface area contributed by atoms with Gasteiger partial charge >= 0.3 is 6.09 Å². The number of ketones is 4. The van der Waals surface area contributed by atoms with Crippen LogP contribution in [-0.4, -0.2) is 285 Å². The van der Waals surface area contributed by atoms with Crippen molar-refractivity contribution in [2.45, 2.75) is 103 Å².